The Morgan fingerprint density at radius 1 is 0.893 bits per heavy atom. The Kier molecular flexibility index (Phi) is 9.62. The van der Waals surface area contributed by atoms with E-state index in [9.17, 15) is 20.1 Å². The molecule has 56 heavy (non-hydrogen) atoms. The lowest BCUT2D eigenvalue weighted by atomic mass is 9.32. The van der Waals surface area contributed by atoms with Gasteiger partial charge in [-0.05, 0) is 103 Å². The molecule has 6 nitrogen and oxygen atoms in total. The summed E-state index contributed by atoms with van der Waals surface area (Å²) in [5.74, 6) is 0.426. The van der Waals surface area contributed by atoms with Crippen LogP contribution in [0.3, 0.4) is 0 Å². The van der Waals surface area contributed by atoms with Gasteiger partial charge in [-0.3, -0.25) is 9.69 Å². The number of allylic oxidation sites excluding steroid dienone is 4. The highest BCUT2D eigenvalue weighted by Gasteiger charge is 2.74. The Balaban J connectivity index is 1.06. The molecule has 1 aromatic heterocycles. The number of rotatable bonds is 12. The van der Waals surface area contributed by atoms with Crippen molar-refractivity contribution in [1.82, 2.24) is 4.90 Å². The molecule has 3 saturated carbocycles. The fraction of sp³-hybridized carbons (Fsp3) is 0.490. The van der Waals surface area contributed by atoms with E-state index in [0.29, 0.717) is 39.1 Å². The second kappa shape index (κ2) is 14.1. The number of aryl methyl sites for hydroxylation is 1. The molecular formula is C49H57NO5S. The van der Waals surface area contributed by atoms with Crippen LogP contribution in [0.4, 0.5) is 0 Å². The third-order valence-corrected chi connectivity index (χ3v) is 16.6. The van der Waals surface area contributed by atoms with E-state index in [0.717, 1.165) is 53.0 Å². The molecule has 6 aliphatic carbocycles. The Morgan fingerprint density at radius 2 is 1.62 bits per heavy atom. The lowest BCUT2D eigenvalue weighted by Crippen LogP contribution is -2.67. The van der Waals surface area contributed by atoms with Gasteiger partial charge in [0, 0.05) is 46.3 Å². The summed E-state index contributed by atoms with van der Waals surface area (Å²) in [6.45, 7) is 8.78. The van der Waals surface area contributed by atoms with Crippen molar-refractivity contribution in [2.24, 2.45) is 33.5 Å². The van der Waals surface area contributed by atoms with E-state index in [2.05, 4.69) is 86.4 Å². The summed E-state index contributed by atoms with van der Waals surface area (Å²) in [5.41, 5.74) is 0.661. The molecule has 294 valence electrons. The van der Waals surface area contributed by atoms with Crippen LogP contribution >= 0.6 is 11.3 Å². The number of ether oxygens (including phenoxy) is 1. The fourth-order valence-electron chi connectivity index (χ4n) is 12.8. The number of thiophene rings is 1. The first-order valence-corrected chi connectivity index (χ1v) is 21.7. The molecule has 3 fully saturated rings. The number of aliphatic hydroxyl groups excluding tert-OH is 2. The number of nitrogens with zero attached hydrogens (tertiary/aromatic N) is 1. The van der Waals surface area contributed by atoms with Gasteiger partial charge in [-0.15, -0.1) is 11.3 Å². The van der Waals surface area contributed by atoms with E-state index in [1.165, 1.54) is 16.3 Å². The molecule has 4 aromatic rings. The predicted molar refractivity (Wildman–Crippen MR) is 223 cm³/mol. The second-order valence-corrected chi connectivity index (χ2v) is 19.8. The molecule has 0 radical (unpaired) electrons. The normalized spacial score (nSPS) is 34.9. The summed E-state index contributed by atoms with van der Waals surface area (Å²) in [6, 6.07) is 28.9. The molecule has 0 amide bonds. The van der Waals surface area contributed by atoms with Gasteiger partial charge >= 0.3 is 0 Å². The monoisotopic (exact) mass is 771 g/mol. The van der Waals surface area contributed by atoms with Gasteiger partial charge in [-0.1, -0.05) is 105 Å². The van der Waals surface area contributed by atoms with Crippen LogP contribution in [0, 0.1) is 40.4 Å². The standard InChI is InChI=1S/C49H57NO5S/c1-33-16-17-41(56-33)44(53)40-27-47-24-25-49(40)42(45(47,2)21-18-37(51)26-47)19-22-46(3)43(49)20-23-48(46,54)32-50(28-36-14-9-13-35-12-7-8-15-39(35)36)29-38(52)31-55-30-34-10-5-4-6-11-34/h4-17,24-25,27,37-38,42-43,51-52,54H,18-23,26,28-32H2,1-3H3/t37?,38-,42-,43-,45-,46+,47+,48-,49-/m1/s1. The quantitative estimate of drug-likeness (QED) is 0.0985. The molecule has 0 saturated heterocycles. The molecule has 3 aromatic carbocycles. The smallest absolute Gasteiger partial charge is 0.199 e. The van der Waals surface area contributed by atoms with Gasteiger partial charge in [0.2, 0.25) is 0 Å². The third-order valence-electron chi connectivity index (χ3n) is 15.6. The number of hydrogen-bond donors (Lipinski definition) is 3. The Bertz CT molecular complexity index is 2170. The number of aliphatic hydroxyl groups is 3. The minimum absolute atomic E-state index is 0.0618. The van der Waals surface area contributed by atoms with Crippen LogP contribution in [-0.2, 0) is 17.9 Å². The zero-order valence-corrected chi connectivity index (χ0v) is 33.9. The van der Waals surface area contributed by atoms with Crippen molar-refractivity contribution in [3.63, 3.8) is 0 Å². The lowest BCUT2D eigenvalue weighted by Gasteiger charge is -2.71. The number of benzene rings is 3. The molecule has 9 atom stereocenters. The molecule has 1 heterocycles. The highest BCUT2D eigenvalue weighted by atomic mass is 32.1. The maximum atomic E-state index is 14.9. The first-order chi connectivity index (χ1) is 26.9. The van der Waals surface area contributed by atoms with E-state index >= 15 is 0 Å². The Morgan fingerprint density at radius 3 is 2.43 bits per heavy atom. The molecular weight excluding hydrogens is 715 g/mol. The first-order valence-electron chi connectivity index (χ1n) is 20.8. The van der Waals surface area contributed by atoms with Crippen LogP contribution in [0.15, 0.2) is 109 Å². The van der Waals surface area contributed by atoms with E-state index in [-0.39, 0.29) is 41.2 Å². The minimum Gasteiger partial charge on any atom is -0.393 e. The van der Waals surface area contributed by atoms with Crippen LogP contribution in [0.5, 0.6) is 0 Å². The molecule has 6 aliphatic rings. The molecule has 10 rings (SSSR count). The summed E-state index contributed by atoms with van der Waals surface area (Å²) in [6.07, 6.45) is 11.6. The number of ketones is 1. The van der Waals surface area contributed by atoms with Crippen molar-refractivity contribution in [3.05, 3.63) is 130 Å². The summed E-state index contributed by atoms with van der Waals surface area (Å²) in [7, 11) is 0. The topological polar surface area (TPSA) is 90.2 Å². The van der Waals surface area contributed by atoms with Crippen molar-refractivity contribution in [2.45, 2.75) is 96.7 Å². The van der Waals surface area contributed by atoms with Gasteiger partial charge in [0.25, 0.3) is 0 Å². The van der Waals surface area contributed by atoms with Crippen molar-refractivity contribution in [3.8, 4) is 0 Å². The largest absolute Gasteiger partial charge is 0.393 e. The number of hydrogen-bond acceptors (Lipinski definition) is 7. The van der Waals surface area contributed by atoms with Crippen LogP contribution in [0.25, 0.3) is 10.8 Å². The van der Waals surface area contributed by atoms with Gasteiger partial charge in [0.05, 0.1) is 35.9 Å². The van der Waals surface area contributed by atoms with E-state index < -0.39 is 22.5 Å². The molecule has 7 heteroatoms. The van der Waals surface area contributed by atoms with Gasteiger partial charge in [0.1, 0.15) is 0 Å². The van der Waals surface area contributed by atoms with Crippen LogP contribution in [0.2, 0.25) is 0 Å². The Labute approximate surface area is 335 Å². The SMILES string of the molecule is Cc1ccc(C(=O)C2=C[C@@]34C=C[C@@]25[C@@H]2CC[C@@](O)(CN(Cc6cccc7ccccc67)C[C@@H](O)COCc6ccccc6)[C@@]2(C)CC[C@@H]5[C@@]3(C)CCC(O)C4)s1. The average Bonchev–Trinajstić information content (AvgIpc) is 3.74. The summed E-state index contributed by atoms with van der Waals surface area (Å²) in [5, 5.41) is 38.3. The second-order valence-electron chi connectivity index (χ2n) is 18.5. The summed E-state index contributed by atoms with van der Waals surface area (Å²) in [4.78, 5) is 19.1. The zero-order chi connectivity index (χ0) is 38.9. The summed E-state index contributed by atoms with van der Waals surface area (Å²) < 4.78 is 6.03. The van der Waals surface area contributed by atoms with Crippen LogP contribution in [-0.4, -0.2) is 63.5 Å². The minimum atomic E-state index is -1.05. The number of fused-ring (bicyclic) bond motifs is 2. The van der Waals surface area contributed by atoms with Crippen LogP contribution in [0.1, 0.15) is 84.5 Å². The molecule has 2 bridgehead atoms. The molecule has 3 N–H and O–H groups in total. The predicted octanol–water partition coefficient (Wildman–Crippen LogP) is 9.06. The van der Waals surface area contributed by atoms with E-state index in [1.54, 1.807) is 11.3 Å². The molecule has 0 aliphatic heterocycles. The van der Waals surface area contributed by atoms with Gasteiger partial charge in [-0.2, -0.15) is 0 Å². The first kappa shape index (κ1) is 38.1. The van der Waals surface area contributed by atoms with Crippen LogP contribution < -0.4 is 0 Å². The van der Waals surface area contributed by atoms with Crippen molar-refractivity contribution in [2.75, 3.05) is 19.7 Å². The van der Waals surface area contributed by atoms with Gasteiger partial charge in [-0.25, -0.2) is 0 Å². The van der Waals surface area contributed by atoms with Gasteiger partial charge in [0.15, 0.2) is 5.78 Å². The van der Waals surface area contributed by atoms with Crippen molar-refractivity contribution >= 4 is 27.9 Å². The highest BCUT2D eigenvalue weighted by molar-refractivity contribution is 7.14. The van der Waals surface area contributed by atoms with Crippen molar-refractivity contribution < 1.29 is 24.9 Å². The zero-order valence-electron chi connectivity index (χ0n) is 33.1. The van der Waals surface area contributed by atoms with E-state index in [1.807, 2.05) is 42.5 Å². The maximum Gasteiger partial charge on any atom is 0.199 e. The van der Waals surface area contributed by atoms with E-state index in [4.69, 9.17) is 4.74 Å². The van der Waals surface area contributed by atoms with Gasteiger partial charge < -0.3 is 20.1 Å². The maximum absolute atomic E-state index is 14.9. The lowest BCUT2D eigenvalue weighted by molar-refractivity contribution is -0.177. The number of carbonyl (C=O) groups is 1. The third kappa shape index (κ3) is 5.95. The number of carbonyl (C=O) groups excluding carboxylic acids is 1. The fourth-order valence-corrected chi connectivity index (χ4v) is 13.6. The Hall–Kier alpha value is -3.43. The average molecular weight is 772 g/mol. The number of Topliss-reactive ketones (excluding diaryl/α,β-unsaturated/α-hetero) is 1. The van der Waals surface area contributed by atoms with Crippen molar-refractivity contribution in [1.29, 1.82) is 0 Å². The molecule has 1 unspecified atom stereocenters. The summed E-state index contributed by atoms with van der Waals surface area (Å²) >= 11 is 1.57. The highest BCUT2D eigenvalue weighted by Crippen LogP contribution is 2.78. The molecule has 2 spiro atoms.